The molecular weight excluding hydrogens is 350 g/mol. The van der Waals surface area contributed by atoms with Gasteiger partial charge in [-0.15, -0.1) is 0 Å². The van der Waals surface area contributed by atoms with Gasteiger partial charge in [0, 0.05) is 16.6 Å². The number of nitrogens with one attached hydrogen (secondary N) is 3. The second-order valence-electron chi connectivity index (χ2n) is 6.78. The van der Waals surface area contributed by atoms with Crippen LogP contribution in [0.1, 0.15) is 28.8 Å². The number of para-hydroxylation sites is 1. The summed E-state index contributed by atoms with van der Waals surface area (Å²) in [7, 11) is 1.96. The van der Waals surface area contributed by atoms with E-state index in [1.54, 1.807) is 18.2 Å². The van der Waals surface area contributed by atoms with Crippen molar-refractivity contribution in [3.05, 3.63) is 64.7 Å². The van der Waals surface area contributed by atoms with Gasteiger partial charge in [-0.05, 0) is 37.1 Å². The van der Waals surface area contributed by atoms with Crippen molar-refractivity contribution in [2.24, 2.45) is 0 Å². The molecule has 1 aliphatic carbocycles. The lowest BCUT2D eigenvalue weighted by atomic mass is 10.1. The number of benzene rings is 2. The maximum atomic E-state index is 12.4. The van der Waals surface area contributed by atoms with Crippen LogP contribution >= 0.6 is 11.6 Å². The Bertz CT molecular complexity index is 788. The number of hydrogen-bond donors (Lipinski definition) is 3. The third-order valence-electron chi connectivity index (χ3n) is 4.24. The van der Waals surface area contributed by atoms with Gasteiger partial charge in [-0.2, -0.15) is 0 Å². The van der Waals surface area contributed by atoms with Gasteiger partial charge in [0.25, 0.3) is 11.8 Å². The lowest BCUT2D eigenvalue weighted by Gasteiger charge is -2.15. The molecule has 0 bridgehead atoms. The molecular formula is C20H23ClN3O2+. The molecule has 0 radical (unpaired) electrons. The molecule has 1 saturated carbocycles. The van der Waals surface area contributed by atoms with Crippen LogP contribution in [0.5, 0.6) is 0 Å². The van der Waals surface area contributed by atoms with Crippen LogP contribution in [-0.4, -0.2) is 31.4 Å². The second-order valence-corrected chi connectivity index (χ2v) is 7.22. The zero-order valence-corrected chi connectivity index (χ0v) is 15.5. The Morgan fingerprint density at radius 2 is 1.81 bits per heavy atom. The third kappa shape index (κ3) is 5.31. The summed E-state index contributed by atoms with van der Waals surface area (Å²) in [5.74, 6) is -0.256. The number of rotatable bonds is 7. The molecule has 3 N–H and O–H groups in total. The van der Waals surface area contributed by atoms with E-state index in [4.69, 9.17) is 11.6 Å². The normalized spacial score (nSPS) is 14.5. The molecule has 2 aromatic rings. The summed E-state index contributed by atoms with van der Waals surface area (Å²) in [6.45, 7) is 1.02. The summed E-state index contributed by atoms with van der Waals surface area (Å²) in [6, 6.07) is 15.0. The van der Waals surface area contributed by atoms with Gasteiger partial charge in [0.1, 0.15) is 6.54 Å². The molecule has 0 saturated heterocycles. The highest BCUT2D eigenvalue weighted by molar-refractivity contribution is 6.30. The lowest BCUT2D eigenvalue weighted by Crippen LogP contribution is -3.08. The predicted molar refractivity (Wildman–Crippen MR) is 102 cm³/mol. The molecule has 6 heteroatoms. The SMILES string of the molecule is C[NH+](CC(=O)Nc1ccccc1C(=O)NC1CC1)Cc1ccc(Cl)cc1. The summed E-state index contributed by atoms with van der Waals surface area (Å²) in [5.41, 5.74) is 2.17. The minimum absolute atomic E-state index is 0.122. The van der Waals surface area contributed by atoms with E-state index >= 15 is 0 Å². The van der Waals surface area contributed by atoms with Crippen LogP contribution in [0.25, 0.3) is 0 Å². The largest absolute Gasteiger partial charge is 0.349 e. The van der Waals surface area contributed by atoms with Gasteiger partial charge in [0.15, 0.2) is 6.54 Å². The third-order valence-corrected chi connectivity index (χ3v) is 4.49. The molecule has 0 aromatic heterocycles. The number of likely N-dealkylation sites (N-methyl/N-ethyl adjacent to an activating group) is 1. The molecule has 0 aliphatic heterocycles. The molecule has 1 unspecified atom stereocenters. The lowest BCUT2D eigenvalue weighted by molar-refractivity contribution is -0.885. The Hall–Kier alpha value is -2.37. The smallest absolute Gasteiger partial charge is 0.279 e. The van der Waals surface area contributed by atoms with E-state index in [2.05, 4.69) is 10.6 Å². The van der Waals surface area contributed by atoms with Crippen LogP contribution in [0.3, 0.4) is 0 Å². The standard InChI is InChI=1S/C20H22ClN3O2/c1-24(12-14-6-8-15(21)9-7-14)13-19(25)23-18-5-3-2-4-17(18)20(26)22-16-10-11-16/h2-9,16H,10-13H2,1H3,(H,22,26)(H,23,25)/p+1. The zero-order valence-electron chi connectivity index (χ0n) is 14.7. The Morgan fingerprint density at radius 1 is 1.12 bits per heavy atom. The summed E-state index contributed by atoms with van der Waals surface area (Å²) in [5, 5.41) is 6.52. The Morgan fingerprint density at radius 3 is 2.50 bits per heavy atom. The van der Waals surface area contributed by atoms with Gasteiger partial charge in [0.05, 0.1) is 18.3 Å². The molecule has 1 atom stereocenters. The molecule has 3 rings (SSSR count). The van der Waals surface area contributed by atoms with Crippen LogP contribution < -0.4 is 15.5 Å². The zero-order chi connectivity index (χ0) is 18.5. The molecule has 1 aliphatic rings. The quantitative estimate of drug-likeness (QED) is 0.695. The van der Waals surface area contributed by atoms with Gasteiger partial charge in [-0.25, -0.2) is 0 Å². The van der Waals surface area contributed by atoms with Gasteiger partial charge >= 0.3 is 0 Å². The van der Waals surface area contributed by atoms with Crippen molar-refractivity contribution in [2.75, 3.05) is 18.9 Å². The monoisotopic (exact) mass is 372 g/mol. The van der Waals surface area contributed by atoms with Gasteiger partial charge in [0.2, 0.25) is 0 Å². The first-order valence-corrected chi connectivity index (χ1v) is 9.14. The topological polar surface area (TPSA) is 62.6 Å². The predicted octanol–water partition coefficient (Wildman–Crippen LogP) is 1.89. The second kappa shape index (κ2) is 8.34. The molecule has 26 heavy (non-hydrogen) atoms. The number of hydrogen-bond acceptors (Lipinski definition) is 2. The number of anilines is 1. The number of carbonyl (C=O) groups is 2. The van der Waals surface area contributed by atoms with E-state index in [0.717, 1.165) is 23.3 Å². The van der Waals surface area contributed by atoms with Gasteiger partial charge in [-0.1, -0.05) is 35.9 Å². The average molecular weight is 373 g/mol. The summed E-state index contributed by atoms with van der Waals surface area (Å²) < 4.78 is 0. The average Bonchev–Trinajstić information content (AvgIpc) is 3.41. The van der Waals surface area contributed by atoms with E-state index in [0.29, 0.717) is 29.4 Å². The fraction of sp³-hybridized carbons (Fsp3) is 0.300. The Balaban J connectivity index is 1.57. The minimum Gasteiger partial charge on any atom is -0.349 e. The van der Waals surface area contributed by atoms with Crippen molar-refractivity contribution in [3.63, 3.8) is 0 Å². The number of amides is 2. The van der Waals surface area contributed by atoms with Crippen molar-refractivity contribution in [2.45, 2.75) is 25.4 Å². The Kier molecular flexibility index (Phi) is 5.91. The molecule has 0 spiro atoms. The minimum atomic E-state index is -0.134. The summed E-state index contributed by atoms with van der Waals surface area (Å²) in [4.78, 5) is 25.7. The van der Waals surface area contributed by atoms with Crippen molar-refractivity contribution in [3.8, 4) is 0 Å². The van der Waals surface area contributed by atoms with Crippen LogP contribution in [0, 0.1) is 0 Å². The van der Waals surface area contributed by atoms with Crippen LogP contribution in [0.2, 0.25) is 5.02 Å². The molecule has 0 heterocycles. The van der Waals surface area contributed by atoms with E-state index in [1.165, 1.54) is 0 Å². The van der Waals surface area contributed by atoms with Crippen molar-refractivity contribution in [1.29, 1.82) is 0 Å². The highest BCUT2D eigenvalue weighted by Gasteiger charge is 2.25. The first-order chi connectivity index (χ1) is 12.5. The molecule has 2 amide bonds. The number of halogens is 1. The fourth-order valence-corrected chi connectivity index (χ4v) is 2.89. The van der Waals surface area contributed by atoms with Crippen LogP contribution in [-0.2, 0) is 11.3 Å². The van der Waals surface area contributed by atoms with E-state index in [1.807, 2.05) is 37.4 Å². The van der Waals surface area contributed by atoms with Crippen LogP contribution in [0.4, 0.5) is 5.69 Å². The highest BCUT2D eigenvalue weighted by atomic mass is 35.5. The number of quaternary nitrogens is 1. The van der Waals surface area contributed by atoms with E-state index in [9.17, 15) is 9.59 Å². The summed E-state index contributed by atoms with van der Waals surface area (Å²) >= 11 is 5.89. The first kappa shape index (κ1) is 18.4. The van der Waals surface area contributed by atoms with Crippen molar-refractivity contribution >= 4 is 29.1 Å². The van der Waals surface area contributed by atoms with Crippen molar-refractivity contribution in [1.82, 2.24) is 5.32 Å². The molecule has 5 nitrogen and oxygen atoms in total. The molecule has 2 aromatic carbocycles. The van der Waals surface area contributed by atoms with E-state index < -0.39 is 0 Å². The maximum absolute atomic E-state index is 12.4. The first-order valence-electron chi connectivity index (χ1n) is 8.77. The molecule has 1 fully saturated rings. The highest BCUT2D eigenvalue weighted by Crippen LogP contribution is 2.21. The summed E-state index contributed by atoms with van der Waals surface area (Å²) in [6.07, 6.45) is 2.05. The van der Waals surface area contributed by atoms with Crippen molar-refractivity contribution < 1.29 is 14.5 Å². The fourth-order valence-electron chi connectivity index (χ4n) is 2.76. The Labute approximate surface area is 158 Å². The maximum Gasteiger partial charge on any atom is 0.279 e. The van der Waals surface area contributed by atoms with Crippen LogP contribution in [0.15, 0.2) is 48.5 Å². The van der Waals surface area contributed by atoms with E-state index in [-0.39, 0.29) is 17.9 Å². The van der Waals surface area contributed by atoms with Gasteiger partial charge < -0.3 is 15.5 Å². The number of carbonyl (C=O) groups excluding carboxylic acids is 2. The van der Waals surface area contributed by atoms with Gasteiger partial charge in [-0.3, -0.25) is 9.59 Å². The molecule has 136 valence electrons.